The lowest BCUT2D eigenvalue weighted by atomic mass is 10.2. The average molecular weight is 509 g/mol. The summed E-state index contributed by atoms with van der Waals surface area (Å²) in [5.41, 5.74) is 6.22. The van der Waals surface area contributed by atoms with Gasteiger partial charge in [0.2, 0.25) is 18.3 Å². The molecule has 36 heavy (non-hydrogen) atoms. The lowest BCUT2D eigenvalue weighted by molar-refractivity contribution is -0.139. The van der Waals surface area contributed by atoms with E-state index in [0.29, 0.717) is 44.2 Å². The number of hydrogen-bond donors (Lipinski definition) is 1. The Bertz CT molecular complexity index is 1220. The number of amides is 1. The first-order valence-corrected chi connectivity index (χ1v) is 11.2. The number of carbonyl (C=O) groups excluding carboxylic acids is 1. The van der Waals surface area contributed by atoms with E-state index in [1.54, 1.807) is 28.9 Å². The Labute approximate surface area is 204 Å². The van der Waals surface area contributed by atoms with Crippen molar-refractivity contribution in [3.05, 3.63) is 12.4 Å². The molecule has 2 N–H and O–H groups in total. The molecule has 0 bridgehead atoms. The van der Waals surface area contributed by atoms with E-state index in [1.165, 1.54) is 12.4 Å². The van der Waals surface area contributed by atoms with Crippen molar-refractivity contribution >= 4 is 35.3 Å². The molecule has 1 saturated heterocycles. The van der Waals surface area contributed by atoms with Crippen molar-refractivity contribution in [2.45, 2.75) is 25.7 Å². The molecule has 4 heterocycles. The van der Waals surface area contributed by atoms with Gasteiger partial charge >= 0.3 is 6.18 Å². The number of fused-ring (bicyclic) bond motifs is 1. The molecule has 0 aliphatic carbocycles. The van der Waals surface area contributed by atoms with Crippen LogP contribution >= 0.6 is 0 Å². The summed E-state index contributed by atoms with van der Waals surface area (Å²) in [7, 11) is 3.30. The minimum atomic E-state index is -4.53. The summed E-state index contributed by atoms with van der Waals surface area (Å²) in [4.78, 5) is 38.0. The molecule has 0 saturated carbocycles. The quantitative estimate of drug-likeness (QED) is 0.443. The Hall–Kier alpha value is -3.75. The lowest BCUT2D eigenvalue weighted by Crippen LogP contribution is -2.52. The van der Waals surface area contributed by atoms with Gasteiger partial charge in [0.15, 0.2) is 22.8 Å². The molecule has 3 aromatic rings. The second-order valence-corrected chi connectivity index (χ2v) is 8.54. The van der Waals surface area contributed by atoms with Crippen LogP contribution in [0.15, 0.2) is 12.4 Å². The predicted molar refractivity (Wildman–Crippen MR) is 126 cm³/mol. The molecule has 1 atom stereocenters. The molecule has 12 nitrogen and oxygen atoms in total. The van der Waals surface area contributed by atoms with E-state index in [1.807, 2.05) is 6.92 Å². The fourth-order valence-corrected chi connectivity index (χ4v) is 4.03. The molecule has 4 rings (SSSR count). The molecule has 0 aromatic carbocycles. The van der Waals surface area contributed by atoms with E-state index in [4.69, 9.17) is 10.5 Å². The van der Waals surface area contributed by atoms with Crippen molar-refractivity contribution in [1.82, 2.24) is 34.4 Å². The third-order valence-corrected chi connectivity index (χ3v) is 5.91. The van der Waals surface area contributed by atoms with E-state index < -0.39 is 12.7 Å². The molecule has 1 aliphatic heterocycles. The summed E-state index contributed by atoms with van der Waals surface area (Å²) in [5.74, 6) is 0.632. The van der Waals surface area contributed by atoms with Crippen LogP contribution in [0.5, 0.6) is 0 Å². The Balaban J connectivity index is 1.91. The number of anilines is 3. The van der Waals surface area contributed by atoms with Gasteiger partial charge in [-0.2, -0.15) is 13.2 Å². The van der Waals surface area contributed by atoms with Gasteiger partial charge in [0.25, 0.3) is 0 Å². The highest BCUT2D eigenvalue weighted by Gasteiger charge is 2.35. The van der Waals surface area contributed by atoms with Gasteiger partial charge in [-0.25, -0.2) is 24.9 Å². The van der Waals surface area contributed by atoms with Gasteiger partial charge in [0, 0.05) is 58.8 Å². The average Bonchev–Trinajstić information content (AvgIpc) is 3.19. The van der Waals surface area contributed by atoms with Gasteiger partial charge in [-0.05, 0) is 6.92 Å². The topological polar surface area (TPSA) is 131 Å². The molecule has 3 aromatic heterocycles. The largest absolute Gasteiger partial charge is 0.406 e. The van der Waals surface area contributed by atoms with Crippen LogP contribution in [-0.2, 0) is 16.1 Å². The predicted octanol–water partition coefficient (Wildman–Crippen LogP) is 1.18. The maximum atomic E-state index is 13.8. The molecule has 15 heteroatoms. The summed E-state index contributed by atoms with van der Waals surface area (Å²) < 4.78 is 47.5. The van der Waals surface area contributed by atoms with Crippen LogP contribution < -0.4 is 15.5 Å². The summed E-state index contributed by atoms with van der Waals surface area (Å²) >= 11 is 0. The number of alkyl halides is 3. The number of likely N-dealkylation sites (N-methyl/N-ethyl adjacent to an activating group) is 1. The van der Waals surface area contributed by atoms with Crippen molar-refractivity contribution in [2.24, 2.45) is 0 Å². The fraction of sp³-hybridized carbons (Fsp3) is 0.524. The number of imidazole rings is 1. The minimum absolute atomic E-state index is 0.0221. The summed E-state index contributed by atoms with van der Waals surface area (Å²) in [6.45, 7) is 2.32. The molecule has 1 fully saturated rings. The number of halogens is 3. The molecule has 0 spiro atoms. The molecule has 0 radical (unpaired) electrons. The highest BCUT2D eigenvalue weighted by molar-refractivity contribution is 5.88. The zero-order valence-electron chi connectivity index (χ0n) is 20.1. The van der Waals surface area contributed by atoms with Crippen LogP contribution in [0.4, 0.5) is 30.9 Å². The highest BCUT2D eigenvalue weighted by atomic mass is 19.4. The van der Waals surface area contributed by atoms with Crippen LogP contribution in [-0.4, -0.2) is 100.0 Å². The monoisotopic (exact) mass is 508 g/mol. The maximum Gasteiger partial charge on any atom is 0.406 e. The third kappa shape index (κ3) is 5.24. The molecule has 194 valence electrons. The Morgan fingerprint density at radius 1 is 1.22 bits per heavy atom. The van der Waals surface area contributed by atoms with E-state index in [-0.39, 0.29) is 34.9 Å². The summed E-state index contributed by atoms with van der Waals surface area (Å²) in [5, 5.41) is 0. The minimum Gasteiger partial charge on any atom is -0.383 e. The van der Waals surface area contributed by atoms with Gasteiger partial charge in [0.05, 0.1) is 12.2 Å². The normalized spacial score (nSPS) is 16.6. The van der Waals surface area contributed by atoms with E-state index in [9.17, 15) is 18.0 Å². The molecule has 0 unspecified atom stereocenters. The summed E-state index contributed by atoms with van der Waals surface area (Å²) in [6, 6.07) is -0.201. The van der Waals surface area contributed by atoms with Crippen molar-refractivity contribution in [1.29, 1.82) is 0 Å². The zero-order chi connectivity index (χ0) is 26.0. The number of aromatic nitrogens is 6. The van der Waals surface area contributed by atoms with Gasteiger partial charge in [-0.3, -0.25) is 9.36 Å². The molecular weight excluding hydrogens is 481 g/mol. The number of rotatable bonds is 8. The molecule has 1 amide bonds. The number of ether oxygens (including phenoxy) is 1. The SMILES string of the molecule is COCCN(C)c1nc(-c2cnc(N)nc2)nc2c1nc(N1CCN(C=O)[C@H](C)C1)n2CC(F)(F)F. The number of carbonyl (C=O) groups is 1. The van der Waals surface area contributed by atoms with Crippen molar-refractivity contribution < 1.29 is 22.7 Å². The summed E-state index contributed by atoms with van der Waals surface area (Å²) in [6.07, 6.45) is -0.964. The molecular formula is C21H27F3N10O2. The number of piperazine rings is 1. The fourth-order valence-electron chi connectivity index (χ4n) is 4.03. The van der Waals surface area contributed by atoms with Crippen LogP contribution in [0.2, 0.25) is 0 Å². The smallest absolute Gasteiger partial charge is 0.383 e. The van der Waals surface area contributed by atoms with Gasteiger partial charge in [-0.1, -0.05) is 0 Å². The van der Waals surface area contributed by atoms with Crippen molar-refractivity contribution in [3.63, 3.8) is 0 Å². The standard InChI is InChI=1S/C21H27F3N10O2/c1-13-10-32(4-5-33(13)12-35)20-28-15-17(31(2)6-7-36-3)29-16(14-8-26-19(25)27-9-14)30-18(15)34(20)11-21(22,23)24/h8-9,12-13H,4-7,10-11H2,1-3H3,(H2,25,26,27)/t13-/m1/s1. The first kappa shape index (κ1) is 25.3. The van der Waals surface area contributed by atoms with Crippen LogP contribution in [0, 0.1) is 0 Å². The highest BCUT2D eigenvalue weighted by Crippen LogP contribution is 2.33. The number of nitrogen functional groups attached to an aromatic ring is 1. The Morgan fingerprint density at radius 3 is 2.56 bits per heavy atom. The van der Waals surface area contributed by atoms with Gasteiger partial charge in [-0.15, -0.1) is 0 Å². The number of methoxy groups -OCH3 is 1. The van der Waals surface area contributed by atoms with Gasteiger partial charge in [0.1, 0.15) is 6.54 Å². The van der Waals surface area contributed by atoms with Gasteiger partial charge < -0.3 is 25.2 Å². The zero-order valence-corrected chi connectivity index (χ0v) is 20.1. The van der Waals surface area contributed by atoms with Crippen LogP contribution in [0.3, 0.4) is 0 Å². The first-order chi connectivity index (χ1) is 17.1. The van der Waals surface area contributed by atoms with E-state index in [0.717, 1.165) is 11.0 Å². The Kier molecular flexibility index (Phi) is 7.10. The third-order valence-electron chi connectivity index (χ3n) is 5.91. The second-order valence-electron chi connectivity index (χ2n) is 8.54. The van der Waals surface area contributed by atoms with Crippen molar-refractivity contribution in [2.75, 3.05) is 62.5 Å². The number of nitrogens with zero attached hydrogens (tertiary/aromatic N) is 9. The Morgan fingerprint density at radius 2 is 1.94 bits per heavy atom. The lowest BCUT2D eigenvalue weighted by Gasteiger charge is -2.38. The van der Waals surface area contributed by atoms with Crippen molar-refractivity contribution in [3.8, 4) is 11.4 Å². The second kappa shape index (κ2) is 10.1. The first-order valence-electron chi connectivity index (χ1n) is 11.2. The van der Waals surface area contributed by atoms with Crippen LogP contribution in [0.1, 0.15) is 6.92 Å². The maximum absolute atomic E-state index is 13.8. The van der Waals surface area contributed by atoms with Crippen LogP contribution in [0.25, 0.3) is 22.6 Å². The van der Waals surface area contributed by atoms with E-state index in [2.05, 4.69) is 24.9 Å². The molecule has 1 aliphatic rings. The number of hydrogen-bond acceptors (Lipinski definition) is 10. The van der Waals surface area contributed by atoms with E-state index >= 15 is 0 Å². The number of nitrogens with two attached hydrogens (primary N) is 1.